The summed E-state index contributed by atoms with van der Waals surface area (Å²) in [5.41, 5.74) is 3.35. The van der Waals surface area contributed by atoms with Crippen molar-refractivity contribution in [1.82, 2.24) is 10.2 Å². The van der Waals surface area contributed by atoms with Crippen molar-refractivity contribution in [3.8, 4) is 0 Å². The first-order valence-electron chi connectivity index (χ1n) is 11.4. The van der Waals surface area contributed by atoms with E-state index in [1.54, 1.807) is 16.7 Å². The van der Waals surface area contributed by atoms with E-state index in [0.717, 1.165) is 42.6 Å². The summed E-state index contributed by atoms with van der Waals surface area (Å²) in [4.78, 5) is 28.2. The molecule has 1 aliphatic rings. The second-order valence-electron chi connectivity index (χ2n) is 8.54. The van der Waals surface area contributed by atoms with Gasteiger partial charge in [0.15, 0.2) is 0 Å². The number of carbonyl (C=O) groups is 2. The molecule has 3 rings (SSSR count). The van der Waals surface area contributed by atoms with Crippen LogP contribution in [0.1, 0.15) is 55.7 Å². The van der Waals surface area contributed by atoms with E-state index in [1.165, 1.54) is 5.56 Å². The maximum absolute atomic E-state index is 13.3. The molecule has 0 heterocycles. The monoisotopic (exact) mass is 472 g/mol. The first-order chi connectivity index (χ1) is 15.5. The first-order valence-corrected chi connectivity index (χ1v) is 13.0. The van der Waals surface area contributed by atoms with Crippen molar-refractivity contribution in [3.05, 3.63) is 70.2 Å². The van der Waals surface area contributed by atoms with Crippen LogP contribution in [0, 0.1) is 6.92 Å². The van der Waals surface area contributed by atoms with Crippen LogP contribution in [-0.4, -0.2) is 34.6 Å². The number of amides is 2. The van der Waals surface area contributed by atoms with Crippen LogP contribution in [0.2, 0.25) is 5.02 Å². The van der Waals surface area contributed by atoms with Crippen LogP contribution < -0.4 is 5.32 Å². The summed E-state index contributed by atoms with van der Waals surface area (Å²) < 4.78 is 0. The molecule has 2 aromatic rings. The molecule has 1 unspecified atom stereocenters. The Bertz CT molecular complexity index is 880. The molecule has 1 aliphatic carbocycles. The molecule has 1 saturated carbocycles. The highest BCUT2D eigenvalue weighted by molar-refractivity contribution is 7.99. The Morgan fingerprint density at radius 3 is 2.31 bits per heavy atom. The lowest BCUT2D eigenvalue weighted by Crippen LogP contribution is -2.51. The summed E-state index contributed by atoms with van der Waals surface area (Å²) in [6.07, 6.45) is 4.98. The number of carbonyl (C=O) groups excluding carboxylic acids is 2. The molecule has 2 aromatic carbocycles. The summed E-state index contributed by atoms with van der Waals surface area (Å²) in [6.45, 7) is 4.47. The molecule has 32 heavy (non-hydrogen) atoms. The van der Waals surface area contributed by atoms with Gasteiger partial charge in [-0.2, -0.15) is 0 Å². The Kier molecular flexibility index (Phi) is 9.49. The third kappa shape index (κ3) is 7.28. The highest BCUT2D eigenvalue weighted by Crippen LogP contribution is 2.21. The van der Waals surface area contributed by atoms with E-state index in [2.05, 4.69) is 5.32 Å². The SMILES string of the molecule is CCC(C(=O)NC1CCCC1)N(Cc1ccc(C)cc1)C(=O)CSCc1ccc(Cl)cc1. The zero-order valence-electron chi connectivity index (χ0n) is 19.0. The van der Waals surface area contributed by atoms with E-state index in [0.29, 0.717) is 23.7 Å². The van der Waals surface area contributed by atoms with Crippen molar-refractivity contribution in [2.24, 2.45) is 0 Å². The van der Waals surface area contributed by atoms with Crippen molar-refractivity contribution in [2.45, 2.75) is 70.3 Å². The third-order valence-corrected chi connectivity index (χ3v) is 7.21. The molecule has 0 bridgehead atoms. The van der Waals surface area contributed by atoms with Gasteiger partial charge in [0, 0.05) is 23.4 Å². The third-order valence-electron chi connectivity index (χ3n) is 5.97. The summed E-state index contributed by atoms with van der Waals surface area (Å²) in [5.74, 6) is 1.04. The minimum Gasteiger partial charge on any atom is -0.352 e. The predicted molar refractivity (Wildman–Crippen MR) is 134 cm³/mol. The molecule has 4 nitrogen and oxygen atoms in total. The minimum absolute atomic E-state index is 0.00189. The fourth-order valence-electron chi connectivity index (χ4n) is 4.10. The first kappa shape index (κ1) is 24.7. The smallest absolute Gasteiger partial charge is 0.243 e. The number of aryl methyl sites for hydroxylation is 1. The molecule has 0 spiro atoms. The van der Waals surface area contributed by atoms with Crippen molar-refractivity contribution in [3.63, 3.8) is 0 Å². The molecule has 1 atom stereocenters. The lowest BCUT2D eigenvalue weighted by Gasteiger charge is -2.31. The molecule has 0 radical (unpaired) electrons. The van der Waals surface area contributed by atoms with E-state index < -0.39 is 6.04 Å². The molecule has 0 aliphatic heterocycles. The molecule has 6 heteroatoms. The van der Waals surface area contributed by atoms with Gasteiger partial charge in [0.1, 0.15) is 6.04 Å². The molecule has 1 fully saturated rings. The maximum Gasteiger partial charge on any atom is 0.243 e. The normalized spacial score (nSPS) is 14.8. The average Bonchev–Trinajstić information content (AvgIpc) is 3.29. The largest absolute Gasteiger partial charge is 0.352 e. The van der Waals surface area contributed by atoms with Gasteiger partial charge in [0.2, 0.25) is 11.8 Å². The van der Waals surface area contributed by atoms with Gasteiger partial charge in [-0.1, -0.05) is 73.3 Å². The number of nitrogens with zero attached hydrogens (tertiary/aromatic N) is 1. The quantitative estimate of drug-likeness (QED) is 0.479. The summed E-state index contributed by atoms with van der Waals surface area (Å²) >= 11 is 7.53. The average molecular weight is 473 g/mol. The van der Waals surface area contributed by atoms with Gasteiger partial charge < -0.3 is 10.2 Å². The topological polar surface area (TPSA) is 49.4 Å². The van der Waals surface area contributed by atoms with Crippen LogP contribution in [0.25, 0.3) is 0 Å². The van der Waals surface area contributed by atoms with E-state index in [1.807, 2.05) is 62.4 Å². The number of rotatable bonds is 10. The van der Waals surface area contributed by atoms with Crippen LogP contribution in [0.4, 0.5) is 0 Å². The zero-order chi connectivity index (χ0) is 22.9. The molecule has 172 valence electrons. The molecule has 0 aromatic heterocycles. The van der Waals surface area contributed by atoms with Gasteiger partial charge in [0.25, 0.3) is 0 Å². The van der Waals surface area contributed by atoms with Gasteiger partial charge in [-0.05, 0) is 49.4 Å². The van der Waals surface area contributed by atoms with Crippen molar-refractivity contribution in [2.75, 3.05) is 5.75 Å². The Balaban J connectivity index is 1.68. The van der Waals surface area contributed by atoms with Crippen molar-refractivity contribution < 1.29 is 9.59 Å². The Morgan fingerprint density at radius 2 is 1.69 bits per heavy atom. The summed E-state index contributed by atoms with van der Waals surface area (Å²) in [7, 11) is 0. The fourth-order valence-corrected chi connectivity index (χ4v) is 5.09. The molecular weight excluding hydrogens is 440 g/mol. The fraction of sp³-hybridized carbons (Fsp3) is 0.462. The lowest BCUT2D eigenvalue weighted by molar-refractivity contribution is -0.139. The van der Waals surface area contributed by atoms with E-state index in [9.17, 15) is 9.59 Å². The van der Waals surface area contributed by atoms with Crippen LogP contribution >= 0.6 is 23.4 Å². The van der Waals surface area contributed by atoms with Crippen LogP contribution in [-0.2, 0) is 21.9 Å². The van der Waals surface area contributed by atoms with Crippen LogP contribution in [0.3, 0.4) is 0 Å². The Morgan fingerprint density at radius 1 is 1.06 bits per heavy atom. The number of benzene rings is 2. The second kappa shape index (κ2) is 12.3. The van der Waals surface area contributed by atoms with Gasteiger partial charge in [0.05, 0.1) is 5.75 Å². The summed E-state index contributed by atoms with van der Waals surface area (Å²) in [6, 6.07) is 15.7. The number of hydrogen-bond acceptors (Lipinski definition) is 3. The predicted octanol–water partition coefficient (Wildman–Crippen LogP) is 5.75. The van der Waals surface area contributed by atoms with Gasteiger partial charge >= 0.3 is 0 Å². The maximum atomic E-state index is 13.3. The van der Waals surface area contributed by atoms with E-state index >= 15 is 0 Å². The van der Waals surface area contributed by atoms with Crippen LogP contribution in [0.5, 0.6) is 0 Å². The van der Waals surface area contributed by atoms with E-state index in [4.69, 9.17) is 11.6 Å². The Labute approximate surface area is 201 Å². The molecule has 0 saturated heterocycles. The molecular formula is C26H33ClN2O2S. The number of thioether (sulfide) groups is 1. The molecule has 2 amide bonds. The number of halogens is 1. The second-order valence-corrected chi connectivity index (χ2v) is 9.96. The molecule has 1 N–H and O–H groups in total. The van der Waals surface area contributed by atoms with Gasteiger partial charge in [-0.3, -0.25) is 9.59 Å². The standard InChI is InChI=1S/C26H33ClN2O2S/c1-3-24(26(31)28-23-6-4-5-7-23)29(16-20-10-8-19(2)9-11-20)25(30)18-32-17-21-12-14-22(27)15-13-21/h8-15,23-24H,3-7,16-18H2,1-2H3,(H,28,31). The van der Waals surface area contributed by atoms with Gasteiger partial charge in [-0.25, -0.2) is 0 Å². The lowest BCUT2D eigenvalue weighted by atomic mass is 10.1. The highest BCUT2D eigenvalue weighted by atomic mass is 35.5. The van der Waals surface area contributed by atoms with Crippen molar-refractivity contribution in [1.29, 1.82) is 0 Å². The van der Waals surface area contributed by atoms with Crippen LogP contribution in [0.15, 0.2) is 48.5 Å². The van der Waals surface area contributed by atoms with E-state index in [-0.39, 0.29) is 17.9 Å². The van der Waals surface area contributed by atoms with Crippen molar-refractivity contribution >= 4 is 35.2 Å². The van der Waals surface area contributed by atoms with Gasteiger partial charge in [-0.15, -0.1) is 11.8 Å². The highest BCUT2D eigenvalue weighted by Gasteiger charge is 2.30. The minimum atomic E-state index is -0.458. The summed E-state index contributed by atoms with van der Waals surface area (Å²) in [5, 5.41) is 3.90. The zero-order valence-corrected chi connectivity index (χ0v) is 20.6. The number of hydrogen-bond donors (Lipinski definition) is 1. The number of nitrogens with one attached hydrogen (secondary N) is 1. The Hall–Kier alpha value is -1.98.